The Morgan fingerprint density at radius 2 is 2.06 bits per heavy atom. The van der Waals surface area contributed by atoms with Gasteiger partial charge in [0.05, 0.1) is 0 Å². The first kappa shape index (κ1) is 13.4. The molecule has 0 saturated heterocycles. The second-order valence-corrected chi connectivity index (χ2v) is 4.32. The summed E-state index contributed by atoms with van der Waals surface area (Å²) >= 11 is 0. The highest BCUT2D eigenvalue weighted by atomic mass is 16.1. The Morgan fingerprint density at radius 1 is 1.41 bits per heavy atom. The van der Waals surface area contributed by atoms with Crippen LogP contribution in [0.15, 0.2) is 12.4 Å². The molecule has 0 bridgehead atoms. The highest BCUT2D eigenvalue weighted by Gasteiger charge is 2.15. The van der Waals surface area contributed by atoms with Gasteiger partial charge in [-0.25, -0.2) is 9.97 Å². The Kier molecular flexibility index (Phi) is 4.84. The normalized spacial score (nSPS) is 12.5. The van der Waals surface area contributed by atoms with Crippen LogP contribution < -0.4 is 16.8 Å². The molecule has 1 rings (SSSR count). The van der Waals surface area contributed by atoms with Gasteiger partial charge in [-0.05, 0) is 12.3 Å². The number of carbonyl (C=O) groups is 1. The number of nitrogens with one attached hydrogen (secondary N) is 1. The van der Waals surface area contributed by atoms with Crippen LogP contribution in [0.3, 0.4) is 0 Å². The van der Waals surface area contributed by atoms with Gasteiger partial charge in [-0.3, -0.25) is 4.79 Å². The molecule has 0 radical (unpaired) electrons. The van der Waals surface area contributed by atoms with Crippen molar-refractivity contribution in [2.45, 2.75) is 26.3 Å². The zero-order chi connectivity index (χ0) is 12.8. The van der Waals surface area contributed by atoms with Gasteiger partial charge in [0.2, 0.25) is 0 Å². The number of aromatic nitrogens is 2. The van der Waals surface area contributed by atoms with Gasteiger partial charge in [-0.2, -0.15) is 0 Å². The molecule has 0 fully saturated rings. The van der Waals surface area contributed by atoms with Gasteiger partial charge >= 0.3 is 0 Å². The number of nitrogens with two attached hydrogens (primary N) is 2. The molecule has 5 N–H and O–H groups in total. The Labute approximate surface area is 101 Å². The molecule has 1 unspecified atom stereocenters. The van der Waals surface area contributed by atoms with E-state index < -0.39 is 5.91 Å². The van der Waals surface area contributed by atoms with Crippen LogP contribution in [0.5, 0.6) is 0 Å². The van der Waals surface area contributed by atoms with Crippen molar-refractivity contribution < 1.29 is 4.79 Å². The van der Waals surface area contributed by atoms with E-state index in [1.165, 1.54) is 12.4 Å². The lowest BCUT2D eigenvalue weighted by atomic mass is 10.0. The molecule has 6 heteroatoms. The van der Waals surface area contributed by atoms with Crippen molar-refractivity contribution in [2.75, 3.05) is 11.9 Å². The fourth-order valence-corrected chi connectivity index (χ4v) is 1.60. The molecule has 0 aliphatic carbocycles. The molecule has 0 aliphatic heterocycles. The number of hydrogen-bond donors (Lipinski definition) is 3. The van der Waals surface area contributed by atoms with E-state index in [9.17, 15) is 4.79 Å². The topological polar surface area (TPSA) is 107 Å². The van der Waals surface area contributed by atoms with Crippen LogP contribution in [0.1, 0.15) is 30.8 Å². The first-order valence-corrected chi connectivity index (χ1v) is 5.62. The monoisotopic (exact) mass is 237 g/mol. The summed E-state index contributed by atoms with van der Waals surface area (Å²) in [6.45, 7) is 4.68. The van der Waals surface area contributed by atoms with Gasteiger partial charge in [-0.15, -0.1) is 0 Å². The molecule has 1 atom stereocenters. The van der Waals surface area contributed by atoms with Crippen molar-refractivity contribution in [3.05, 3.63) is 18.1 Å². The van der Waals surface area contributed by atoms with Crippen LogP contribution in [0, 0.1) is 5.92 Å². The van der Waals surface area contributed by atoms with Gasteiger partial charge in [0, 0.05) is 25.0 Å². The van der Waals surface area contributed by atoms with Crippen molar-refractivity contribution in [3.8, 4) is 0 Å². The number of anilines is 1. The van der Waals surface area contributed by atoms with E-state index in [1.807, 2.05) is 0 Å². The Hall–Kier alpha value is -1.69. The van der Waals surface area contributed by atoms with Gasteiger partial charge in [-0.1, -0.05) is 13.8 Å². The number of primary amides is 1. The van der Waals surface area contributed by atoms with Crippen LogP contribution in [-0.2, 0) is 0 Å². The van der Waals surface area contributed by atoms with Crippen LogP contribution in [0.4, 0.5) is 5.82 Å². The molecule has 0 saturated carbocycles. The van der Waals surface area contributed by atoms with E-state index >= 15 is 0 Å². The summed E-state index contributed by atoms with van der Waals surface area (Å²) in [6.07, 6.45) is 3.84. The van der Waals surface area contributed by atoms with E-state index in [4.69, 9.17) is 11.5 Å². The molecule has 1 aromatic rings. The average Bonchev–Trinajstić information content (AvgIpc) is 2.28. The van der Waals surface area contributed by atoms with Gasteiger partial charge in [0.15, 0.2) is 11.5 Å². The molecule has 0 aromatic carbocycles. The predicted molar refractivity (Wildman–Crippen MR) is 66.5 cm³/mol. The summed E-state index contributed by atoms with van der Waals surface area (Å²) in [5.41, 5.74) is 11.0. The summed E-state index contributed by atoms with van der Waals surface area (Å²) in [5, 5.41) is 3.11. The first-order chi connectivity index (χ1) is 8.04. The summed E-state index contributed by atoms with van der Waals surface area (Å²) in [4.78, 5) is 19.1. The molecule has 1 heterocycles. The zero-order valence-electron chi connectivity index (χ0n) is 10.2. The first-order valence-electron chi connectivity index (χ1n) is 5.62. The van der Waals surface area contributed by atoms with Crippen molar-refractivity contribution in [3.63, 3.8) is 0 Å². The lowest BCUT2D eigenvalue weighted by Crippen LogP contribution is -2.32. The largest absolute Gasteiger partial charge is 0.364 e. The second kappa shape index (κ2) is 6.15. The Morgan fingerprint density at radius 3 is 2.59 bits per heavy atom. The summed E-state index contributed by atoms with van der Waals surface area (Å²) in [7, 11) is 0. The molecular weight excluding hydrogens is 218 g/mol. The SMILES string of the molecule is CC(C)CC(CN)Nc1nccnc1C(N)=O. The van der Waals surface area contributed by atoms with Gasteiger partial charge in [0.25, 0.3) is 5.91 Å². The molecule has 1 amide bonds. The van der Waals surface area contributed by atoms with E-state index in [2.05, 4.69) is 29.1 Å². The van der Waals surface area contributed by atoms with Gasteiger partial charge < -0.3 is 16.8 Å². The van der Waals surface area contributed by atoms with Crippen LogP contribution in [0.2, 0.25) is 0 Å². The Balaban J connectivity index is 2.82. The number of nitrogens with zero attached hydrogens (tertiary/aromatic N) is 2. The van der Waals surface area contributed by atoms with E-state index in [0.29, 0.717) is 18.3 Å². The van der Waals surface area contributed by atoms with Crippen molar-refractivity contribution in [1.29, 1.82) is 0 Å². The molecule has 6 nitrogen and oxygen atoms in total. The predicted octanol–water partition coefficient (Wildman–Crippen LogP) is 0.361. The number of hydrogen-bond acceptors (Lipinski definition) is 5. The van der Waals surface area contributed by atoms with Gasteiger partial charge in [0.1, 0.15) is 0 Å². The zero-order valence-corrected chi connectivity index (χ0v) is 10.2. The number of rotatable bonds is 6. The molecule has 94 valence electrons. The molecule has 0 aliphatic rings. The highest BCUT2D eigenvalue weighted by Crippen LogP contribution is 2.12. The van der Waals surface area contributed by atoms with E-state index in [1.54, 1.807) is 0 Å². The fraction of sp³-hybridized carbons (Fsp3) is 0.545. The van der Waals surface area contributed by atoms with Crippen molar-refractivity contribution >= 4 is 11.7 Å². The Bertz CT molecular complexity index is 380. The smallest absolute Gasteiger partial charge is 0.271 e. The number of amides is 1. The third kappa shape index (κ3) is 3.99. The minimum atomic E-state index is -0.596. The quantitative estimate of drug-likeness (QED) is 0.662. The average molecular weight is 237 g/mol. The molecular formula is C11H19N5O. The fourth-order valence-electron chi connectivity index (χ4n) is 1.60. The van der Waals surface area contributed by atoms with Crippen LogP contribution in [-0.4, -0.2) is 28.5 Å². The lowest BCUT2D eigenvalue weighted by molar-refractivity contribution is 0.0996. The molecule has 17 heavy (non-hydrogen) atoms. The van der Waals surface area contributed by atoms with Crippen molar-refractivity contribution in [1.82, 2.24) is 9.97 Å². The maximum atomic E-state index is 11.2. The maximum absolute atomic E-state index is 11.2. The van der Waals surface area contributed by atoms with Crippen LogP contribution in [0.25, 0.3) is 0 Å². The van der Waals surface area contributed by atoms with E-state index in [-0.39, 0.29) is 11.7 Å². The summed E-state index contributed by atoms with van der Waals surface area (Å²) in [5.74, 6) is 0.307. The standard InChI is InChI=1S/C11H19N5O/c1-7(2)5-8(6-12)16-11-9(10(13)17)14-3-4-15-11/h3-4,7-8H,5-6,12H2,1-2H3,(H2,13,17)(H,15,16). The lowest BCUT2D eigenvalue weighted by Gasteiger charge is -2.19. The molecule has 0 spiro atoms. The summed E-state index contributed by atoms with van der Waals surface area (Å²) < 4.78 is 0. The minimum absolute atomic E-state index is 0.0600. The van der Waals surface area contributed by atoms with E-state index in [0.717, 1.165) is 6.42 Å². The highest BCUT2D eigenvalue weighted by molar-refractivity contribution is 5.95. The third-order valence-electron chi connectivity index (χ3n) is 2.31. The minimum Gasteiger partial charge on any atom is -0.364 e. The van der Waals surface area contributed by atoms with Crippen molar-refractivity contribution in [2.24, 2.45) is 17.4 Å². The number of carbonyl (C=O) groups excluding carboxylic acids is 1. The molecule has 1 aromatic heterocycles. The summed E-state index contributed by atoms with van der Waals surface area (Å²) in [6, 6.07) is 0.0600. The second-order valence-electron chi connectivity index (χ2n) is 4.32. The van der Waals surface area contributed by atoms with Crippen LogP contribution >= 0.6 is 0 Å². The third-order valence-corrected chi connectivity index (χ3v) is 2.31. The maximum Gasteiger partial charge on any atom is 0.271 e.